The smallest absolute Gasteiger partial charge is 0.337 e. The lowest BCUT2D eigenvalue weighted by Crippen LogP contribution is -2.48. The van der Waals surface area contributed by atoms with E-state index in [2.05, 4.69) is 16.1 Å². The van der Waals surface area contributed by atoms with Crippen molar-refractivity contribution in [3.63, 3.8) is 0 Å². The number of hydrogen-bond donors (Lipinski definition) is 1. The highest BCUT2D eigenvalue weighted by molar-refractivity contribution is 5.91. The molecule has 1 amide bonds. The molecule has 2 rings (SSSR count). The molecule has 0 aliphatic heterocycles. The molecule has 7 nitrogen and oxygen atoms in total. The summed E-state index contributed by atoms with van der Waals surface area (Å²) in [7, 11) is 1.30. The second-order valence-electron chi connectivity index (χ2n) is 6.19. The van der Waals surface area contributed by atoms with Gasteiger partial charge in [-0.1, -0.05) is 12.1 Å². The predicted molar refractivity (Wildman–Crippen MR) is 92.7 cm³/mol. The number of amides is 1. The van der Waals surface area contributed by atoms with E-state index in [1.165, 1.54) is 19.3 Å². The van der Waals surface area contributed by atoms with Gasteiger partial charge < -0.3 is 14.8 Å². The van der Waals surface area contributed by atoms with Gasteiger partial charge >= 0.3 is 11.9 Å². The standard InChI is InChI=1S/C19H20N2O5/c1-19(12-20,15-8-9-15)21-16(22)11-26-17(23)10-5-13-3-6-14(7-4-13)18(24)25-2/h3-7,10,15H,8-9,11H2,1-2H3,(H,21,22)/b10-5+/t19-/m0/s1. The lowest BCUT2D eigenvalue weighted by molar-refractivity contribution is -0.144. The van der Waals surface area contributed by atoms with Crippen LogP contribution in [0.4, 0.5) is 0 Å². The fourth-order valence-electron chi connectivity index (χ4n) is 2.40. The second-order valence-corrected chi connectivity index (χ2v) is 6.19. The summed E-state index contributed by atoms with van der Waals surface area (Å²) in [6, 6.07) is 8.55. The van der Waals surface area contributed by atoms with E-state index >= 15 is 0 Å². The molecule has 1 aromatic carbocycles. The molecule has 0 aromatic heterocycles. The molecule has 0 unspecified atom stereocenters. The highest BCUT2D eigenvalue weighted by Gasteiger charge is 2.43. The summed E-state index contributed by atoms with van der Waals surface area (Å²) in [5, 5.41) is 11.8. The fourth-order valence-corrected chi connectivity index (χ4v) is 2.40. The van der Waals surface area contributed by atoms with Crippen molar-refractivity contribution >= 4 is 23.9 Å². The molecular formula is C19H20N2O5. The van der Waals surface area contributed by atoms with Gasteiger partial charge in [-0.25, -0.2) is 9.59 Å². The number of carbonyl (C=O) groups is 3. The van der Waals surface area contributed by atoms with Gasteiger partial charge in [0.15, 0.2) is 6.61 Å². The summed E-state index contributed by atoms with van der Waals surface area (Å²) in [5.41, 5.74) is 0.172. The Hall–Kier alpha value is -3.14. The highest BCUT2D eigenvalue weighted by Crippen LogP contribution is 2.39. The van der Waals surface area contributed by atoms with Gasteiger partial charge in [0.05, 0.1) is 18.7 Å². The number of benzene rings is 1. The molecule has 0 bridgehead atoms. The number of nitriles is 1. The zero-order chi connectivity index (χ0) is 19.2. The number of hydrogen-bond acceptors (Lipinski definition) is 6. The molecule has 136 valence electrons. The normalized spacial score (nSPS) is 15.6. The molecule has 0 heterocycles. The third-order valence-corrected chi connectivity index (χ3v) is 4.11. The number of methoxy groups -OCH3 is 1. The van der Waals surface area contributed by atoms with Gasteiger partial charge in [-0.05, 0) is 49.5 Å². The molecule has 1 fully saturated rings. The van der Waals surface area contributed by atoms with Crippen molar-refractivity contribution in [1.29, 1.82) is 5.26 Å². The van der Waals surface area contributed by atoms with Crippen molar-refractivity contribution in [2.24, 2.45) is 5.92 Å². The molecular weight excluding hydrogens is 336 g/mol. The van der Waals surface area contributed by atoms with Crippen LogP contribution in [0.25, 0.3) is 6.08 Å². The van der Waals surface area contributed by atoms with E-state index in [1.807, 2.05) is 0 Å². The third-order valence-electron chi connectivity index (χ3n) is 4.11. The van der Waals surface area contributed by atoms with Crippen molar-refractivity contribution in [3.05, 3.63) is 41.5 Å². The van der Waals surface area contributed by atoms with Crippen LogP contribution < -0.4 is 5.32 Å². The van der Waals surface area contributed by atoms with Gasteiger partial charge in [0.2, 0.25) is 0 Å². The SMILES string of the molecule is COC(=O)c1ccc(/C=C/C(=O)OCC(=O)N[C@@](C)(C#N)C2CC2)cc1. The molecule has 1 aliphatic rings. The van der Waals surface area contributed by atoms with E-state index in [1.54, 1.807) is 31.2 Å². The van der Waals surface area contributed by atoms with E-state index in [0.29, 0.717) is 11.1 Å². The van der Waals surface area contributed by atoms with Crippen LogP contribution in [0.15, 0.2) is 30.3 Å². The largest absolute Gasteiger partial charge is 0.465 e. The maximum Gasteiger partial charge on any atom is 0.337 e. The van der Waals surface area contributed by atoms with Crippen LogP contribution >= 0.6 is 0 Å². The number of carbonyl (C=O) groups excluding carboxylic acids is 3. The Bertz CT molecular complexity index is 759. The van der Waals surface area contributed by atoms with Crippen molar-refractivity contribution < 1.29 is 23.9 Å². The van der Waals surface area contributed by atoms with Gasteiger partial charge in [0.1, 0.15) is 5.54 Å². The summed E-state index contributed by atoms with van der Waals surface area (Å²) < 4.78 is 9.47. The molecule has 0 radical (unpaired) electrons. The average Bonchev–Trinajstić information content (AvgIpc) is 3.50. The van der Waals surface area contributed by atoms with Crippen molar-refractivity contribution in [2.45, 2.75) is 25.3 Å². The minimum absolute atomic E-state index is 0.153. The van der Waals surface area contributed by atoms with Crippen LogP contribution in [-0.2, 0) is 19.1 Å². The topological polar surface area (TPSA) is 105 Å². The first-order chi connectivity index (χ1) is 12.4. The minimum atomic E-state index is -0.916. The molecule has 1 aromatic rings. The zero-order valence-electron chi connectivity index (χ0n) is 14.7. The molecule has 0 spiro atoms. The molecule has 1 N–H and O–H groups in total. The number of nitrogens with zero attached hydrogens (tertiary/aromatic N) is 1. The lowest BCUT2D eigenvalue weighted by atomic mass is 9.98. The first kappa shape index (κ1) is 19.2. The van der Waals surface area contributed by atoms with E-state index in [9.17, 15) is 19.6 Å². The second kappa shape index (κ2) is 8.30. The summed E-state index contributed by atoms with van der Waals surface area (Å²) in [5.74, 6) is -1.48. The Kier molecular flexibility index (Phi) is 6.12. The molecule has 0 saturated heterocycles. The van der Waals surface area contributed by atoms with Crippen molar-refractivity contribution in [2.75, 3.05) is 13.7 Å². The van der Waals surface area contributed by atoms with Crippen molar-refractivity contribution in [3.8, 4) is 6.07 Å². The molecule has 1 saturated carbocycles. The van der Waals surface area contributed by atoms with E-state index in [0.717, 1.165) is 12.8 Å². The quantitative estimate of drug-likeness (QED) is 0.590. The Morgan fingerprint density at radius 2 is 1.96 bits per heavy atom. The molecule has 1 atom stereocenters. The van der Waals surface area contributed by atoms with E-state index in [4.69, 9.17) is 4.74 Å². The highest BCUT2D eigenvalue weighted by atomic mass is 16.5. The number of nitrogens with one attached hydrogen (secondary N) is 1. The summed E-state index contributed by atoms with van der Waals surface area (Å²) in [4.78, 5) is 34.9. The van der Waals surface area contributed by atoms with Crippen LogP contribution in [0.2, 0.25) is 0 Å². The minimum Gasteiger partial charge on any atom is -0.465 e. The van der Waals surface area contributed by atoms with Gasteiger partial charge in [-0.2, -0.15) is 5.26 Å². The van der Waals surface area contributed by atoms with Crippen LogP contribution in [-0.4, -0.2) is 37.1 Å². The van der Waals surface area contributed by atoms with Gasteiger partial charge in [0, 0.05) is 6.08 Å². The van der Waals surface area contributed by atoms with E-state index < -0.39 is 30.0 Å². The molecule has 26 heavy (non-hydrogen) atoms. The summed E-state index contributed by atoms with van der Waals surface area (Å²) >= 11 is 0. The summed E-state index contributed by atoms with van der Waals surface area (Å²) in [6.45, 7) is 1.22. The van der Waals surface area contributed by atoms with Gasteiger partial charge in [-0.15, -0.1) is 0 Å². The average molecular weight is 356 g/mol. The Morgan fingerprint density at radius 1 is 1.31 bits per heavy atom. The Morgan fingerprint density at radius 3 is 2.50 bits per heavy atom. The number of esters is 2. The molecule has 1 aliphatic carbocycles. The van der Waals surface area contributed by atoms with Gasteiger partial charge in [-0.3, -0.25) is 4.79 Å². The first-order valence-electron chi connectivity index (χ1n) is 8.13. The van der Waals surface area contributed by atoms with Gasteiger partial charge in [0.25, 0.3) is 5.91 Å². The van der Waals surface area contributed by atoms with E-state index in [-0.39, 0.29) is 5.92 Å². The maximum absolute atomic E-state index is 11.9. The Balaban J connectivity index is 1.81. The van der Waals surface area contributed by atoms with Crippen LogP contribution in [0, 0.1) is 17.2 Å². The number of ether oxygens (including phenoxy) is 2. The van der Waals surface area contributed by atoms with Crippen LogP contribution in [0.1, 0.15) is 35.7 Å². The van der Waals surface area contributed by atoms with Crippen LogP contribution in [0.5, 0.6) is 0 Å². The Labute approximate surface area is 151 Å². The third kappa shape index (κ3) is 5.18. The molecule has 7 heteroatoms. The number of rotatable bonds is 7. The monoisotopic (exact) mass is 356 g/mol. The lowest BCUT2D eigenvalue weighted by Gasteiger charge is -2.22. The van der Waals surface area contributed by atoms with Crippen molar-refractivity contribution in [1.82, 2.24) is 5.32 Å². The maximum atomic E-state index is 11.9. The predicted octanol–water partition coefficient (Wildman–Crippen LogP) is 1.84. The van der Waals surface area contributed by atoms with Crippen LogP contribution in [0.3, 0.4) is 0 Å². The zero-order valence-corrected chi connectivity index (χ0v) is 14.7. The first-order valence-corrected chi connectivity index (χ1v) is 8.13. The fraction of sp³-hybridized carbons (Fsp3) is 0.368. The summed E-state index contributed by atoms with van der Waals surface area (Å²) in [6.07, 6.45) is 4.50.